The molecule has 0 saturated carbocycles. The van der Waals surface area contributed by atoms with E-state index in [9.17, 15) is 17.6 Å². The van der Waals surface area contributed by atoms with E-state index in [-0.39, 0.29) is 12.0 Å². The summed E-state index contributed by atoms with van der Waals surface area (Å²) in [5, 5.41) is 0. The van der Waals surface area contributed by atoms with Gasteiger partial charge in [0.25, 0.3) is 0 Å². The summed E-state index contributed by atoms with van der Waals surface area (Å²) in [7, 11) is 0. The summed E-state index contributed by atoms with van der Waals surface area (Å²) in [4.78, 5) is 0. The standard InChI is InChI=1S/C10H11F4N/c1-6(15)5-7-3-2-4-8(11)9(7)10(12,13)14/h2-4,6H,5,15H2,1H3. The number of rotatable bonds is 2. The van der Waals surface area contributed by atoms with Crippen LogP contribution in [0, 0.1) is 5.82 Å². The van der Waals surface area contributed by atoms with E-state index in [1.165, 1.54) is 12.1 Å². The van der Waals surface area contributed by atoms with E-state index >= 15 is 0 Å². The van der Waals surface area contributed by atoms with Crippen LogP contribution in [0.5, 0.6) is 0 Å². The maximum Gasteiger partial charge on any atom is 0.419 e. The van der Waals surface area contributed by atoms with E-state index in [4.69, 9.17) is 5.73 Å². The van der Waals surface area contributed by atoms with Crippen LogP contribution in [0.25, 0.3) is 0 Å². The van der Waals surface area contributed by atoms with Crippen LogP contribution in [-0.4, -0.2) is 6.04 Å². The van der Waals surface area contributed by atoms with Gasteiger partial charge in [-0.05, 0) is 25.0 Å². The van der Waals surface area contributed by atoms with Gasteiger partial charge in [-0.1, -0.05) is 12.1 Å². The predicted octanol–water partition coefficient (Wildman–Crippen LogP) is 2.73. The minimum atomic E-state index is -4.67. The van der Waals surface area contributed by atoms with E-state index in [0.717, 1.165) is 6.07 Å². The highest BCUT2D eigenvalue weighted by atomic mass is 19.4. The van der Waals surface area contributed by atoms with Crippen molar-refractivity contribution in [2.24, 2.45) is 5.73 Å². The lowest BCUT2D eigenvalue weighted by atomic mass is 10.0. The van der Waals surface area contributed by atoms with Crippen molar-refractivity contribution in [3.63, 3.8) is 0 Å². The average molecular weight is 221 g/mol. The third-order valence-corrected chi connectivity index (χ3v) is 1.93. The molecule has 0 spiro atoms. The number of hydrogen-bond donors (Lipinski definition) is 1. The lowest BCUT2D eigenvalue weighted by Crippen LogP contribution is -2.21. The molecule has 84 valence electrons. The highest BCUT2D eigenvalue weighted by molar-refractivity contribution is 5.31. The summed E-state index contributed by atoms with van der Waals surface area (Å²) in [5.74, 6) is -1.25. The van der Waals surface area contributed by atoms with Crippen LogP contribution in [0.3, 0.4) is 0 Å². The van der Waals surface area contributed by atoms with Gasteiger partial charge >= 0.3 is 6.18 Å². The monoisotopic (exact) mass is 221 g/mol. The lowest BCUT2D eigenvalue weighted by molar-refractivity contribution is -0.140. The smallest absolute Gasteiger partial charge is 0.328 e. The molecule has 1 atom stereocenters. The van der Waals surface area contributed by atoms with Gasteiger partial charge in [-0.15, -0.1) is 0 Å². The quantitative estimate of drug-likeness (QED) is 0.763. The second-order valence-electron chi connectivity index (χ2n) is 3.45. The molecule has 1 unspecified atom stereocenters. The van der Waals surface area contributed by atoms with E-state index in [0.29, 0.717) is 0 Å². The molecule has 0 aliphatic rings. The molecule has 1 nitrogen and oxygen atoms in total. The highest BCUT2D eigenvalue weighted by Crippen LogP contribution is 2.34. The summed E-state index contributed by atoms with van der Waals surface area (Å²) in [6, 6.07) is 2.86. The number of halogens is 4. The fourth-order valence-corrected chi connectivity index (χ4v) is 1.40. The Hall–Kier alpha value is -1.10. The Morgan fingerprint density at radius 2 is 1.93 bits per heavy atom. The van der Waals surface area contributed by atoms with Crippen molar-refractivity contribution in [2.75, 3.05) is 0 Å². The van der Waals surface area contributed by atoms with Crippen molar-refractivity contribution < 1.29 is 17.6 Å². The first-order valence-electron chi connectivity index (χ1n) is 4.42. The molecule has 0 aliphatic carbocycles. The molecular formula is C10H11F4N. The maximum absolute atomic E-state index is 13.0. The molecule has 0 radical (unpaired) electrons. The largest absolute Gasteiger partial charge is 0.419 e. The van der Waals surface area contributed by atoms with E-state index in [1.807, 2.05) is 0 Å². The Labute approximate surface area is 84.9 Å². The second-order valence-corrected chi connectivity index (χ2v) is 3.45. The van der Waals surface area contributed by atoms with Gasteiger partial charge in [0.15, 0.2) is 0 Å². The molecular weight excluding hydrogens is 210 g/mol. The van der Waals surface area contributed by atoms with Crippen molar-refractivity contribution in [2.45, 2.75) is 25.6 Å². The first kappa shape index (κ1) is 12.0. The first-order valence-corrected chi connectivity index (χ1v) is 4.42. The zero-order chi connectivity index (χ0) is 11.6. The number of hydrogen-bond acceptors (Lipinski definition) is 1. The van der Waals surface area contributed by atoms with E-state index in [1.54, 1.807) is 6.92 Å². The van der Waals surface area contributed by atoms with E-state index < -0.39 is 23.6 Å². The van der Waals surface area contributed by atoms with Gasteiger partial charge in [-0.2, -0.15) is 13.2 Å². The van der Waals surface area contributed by atoms with Gasteiger partial charge in [0.2, 0.25) is 0 Å². The van der Waals surface area contributed by atoms with Gasteiger partial charge in [0.1, 0.15) is 5.82 Å². The van der Waals surface area contributed by atoms with Crippen molar-refractivity contribution in [3.8, 4) is 0 Å². The number of nitrogens with two attached hydrogens (primary N) is 1. The second kappa shape index (κ2) is 4.18. The number of alkyl halides is 3. The Morgan fingerprint density at radius 3 is 2.40 bits per heavy atom. The summed E-state index contributed by atoms with van der Waals surface area (Å²) in [5.41, 5.74) is 4.09. The van der Waals surface area contributed by atoms with Crippen molar-refractivity contribution >= 4 is 0 Å². The molecule has 1 rings (SSSR count). The Kier molecular flexibility index (Phi) is 3.34. The summed E-state index contributed by atoms with van der Waals surface area (Å²) in [6.45, 7) is 1.57. The minimum absolute atomic E-state index is 0.00655. The molecule has 1 aromatic carbocycles. The normalized spacial score (nSPS) is 14.0. The van der Waals surface area contributed by atoms with Gasteiger partial charge in [0.05, 0.1) is 5.56 Å². The van der Waals surface area contributed by atoms with Crippen molar-refractivity contribution in [3.05, 3.63) is 35.1 Å². The molecule has 0 saturated heterocycles. The third-order valence-electron chi connectivity index (χ3n) is 1.93. The number of benzene rings is 1. The average Bonchev–Trinajstić information content (AvgIpc) is 1.99. The molecule has 15 heavy (non-hydrogen) atoms. The Balaban J connectivity index is 3.21. The molecule has 0 amide bonds. The van der Waals surface area contributed by atoms with Crippen LogP contribution in [0.1, 0.15) is 18.1 Å². The van der Waals surface area contributed by atoms with Crippen LogP contribution in [0.4, 0.5) is 17.6 Å². The topological polar surface area (TPSA) is 26.0 Å². The molecule has 2 N–H and O–H groups in total. The molecule has 1 aromatic rings. The summed E-state index contributed by atoms with van der Waals surface area (Å²) < 4.78 is 50.5. The van der Waals surface area contributed by atoms with Crippen molar-refractivity contribution in [1.82, 2.24) is 0 Å². The Morgan fingerprint density at radius 1 is 1.33 bits per heavy atom. The van der Waals surface area contributed by atoms with Gasteiger partial charge in [-0.3, -0.25) is 0 Å². The molecule has 0 heterocycles. The third kappa shape index (κ3) is 2.92. The molecule has 0 aromatic heterocycles. The molecule has 0 bridgehead atoms. The van der Waals surface area contributed by atoms with Gasteiger partial charge in [0, 0.05) is 6.04 Å². The zero-order valence-corrected chi connectivity index (χ0v) is 8.11. The van der Waals surface area contributed by atoms with Crippen LogP contribution in [0.2, 0.25) is 0 Å². The molecule has 5 heteroatoms. The lowest BCUT2D eigenvalue weighted by Gasteiger charge is -2.14. The van der Waals surface area contributed by atoms with Crippen LogP contribution in [-0.2, 0) is 12.6 Å². The van der Waals surface area contributed by atoms with Crippen LogP contribution < -0.4 is 5.73 Å². The first-order chi connectivity index (χ1) is 6.82. The Bertz CT molecular complexity index is 344. The summed E-state index contributed by atoms with van der Waals surface area (Å²) >= 11 is 0. The molecule has 0 aliphatic heterocycles. The van der Waals surface area contributed by atoms with Crippen LogP contribution in [0.15, 0.2) is 18.2 Å². The predicted molar refractivity (Wildman–Crippen MR) is 48.8 cm³/mol. The fourth-order valence-electron chi connectivity index (χ4n) is 1.40. The van der Waals surface area contributed by atoms with Crippen LogP contribution >= 0.6 is 0 Å². The minimum Gasteiger partial charge on any atom is -0.328 e. The maximum atomic E-state index is 13.0. The summed E-state index contributed by atoms with van der Waals surface area (Å²) in [6.07, 6.45) is -4.66. The van der Waals surface area contributed by atoms with Gasteiger partial charge < -0.3 is 5.73 Å². The molecule has 0 fully saturated rings. The van der Waals surface area contributed by atoms with Crippen molar-refractivity contribution in [1.29, 1.82) is 0 Å². The zero-order valence-electron chi connectivity index (χ0n) is 8.11. The SMILES string of the molecule is CC(N)Cc1cccc(F)c1C(F)(F)F. The highest BCUT2D eigenvalue weighted by Gasteiger charge is 2.36. The fraction of sp³-hybridized carbons (Fsp3) is 0.400. The van der Waals surface area contributed by atoms with Gasteiger partial charge in [-0.25, -0.2) is 4.39 Å². The van der Waals surface area contributed by atoms with E-state index in [2.05, 4.69) is 0 Å².